The van der Waals surface area contributed by atoms with E-state index in [0.717, 1.165) is 5.56 Å². The summed E-state index contributed by atoms with van der Waals surface area (Å²) >= 11 is 0. The molecule has 0 saturated carbocycles. The summed E-state index contributed by atoms with van der Waals surface area (Å²) in [7, 11) is 3.14. The van der Waals surface area contributed by atoms with Gasteiger partial charge >= 0.3 is 6.03 Å². The molecule has 2 N–H and O–H groups in total. The number of likely N-dealkylation sites (N-methyl/N-ethyl adjacent to an activating group) is 1. The molecule has 0 aromatic heterocycles. The predicted octanol–water partition coefficient (Wildman–Crippen LogP) is 0.591. The number of nitrogens with zero attached hydrogens (tertiary/aromatic N) is 1. The second-order valence-corrected chi connectivity index (χ2v) is 4.34. The number of nitrogens with one attached hydrogen (secondary N) is 2. The fraction of sp³-hybridized carbons (Fsp3) is 0.429. The summed E-state index contributed by atoms with van der Waals surface area (Å²) in [6, 6.07) is 9.32. The van der Waals surface area contributed by atoms with E-state index in [1.807, 2.05) is 30.3 Å². The van der Waals surface area contributed by atoms with Crippen molar-refractivity contribution >= 4 is 11.9 Å². The first-order valence-corrected chi connectivity index (χ1v) is 6.42. The molecule has 0 atom stereocenters. The zero-order valence-corrected chi connectivity index (χ0v) is 11.9. The molecule has 0 heterocycles. The van der Waals surface area contributed by atoms with Crippen molar-refractivity contribution in [2.24, 2.45) is 0 Å². The Morgan fingerprint density at radius 1 is 1.20 bits per heavy atom. The summed E-state index contributed by atoms with van der Waals surface area (Å²) < 4.78 is 4.82. The van der Waals surface area contributed by atoms with Gasteiger partial charge in [0.1, 0.15) is 6.54 Å². The molecule has 6 nitrogen and oxygen atoms in total. The Morgan fingerprint density at radius 2 is 1.90 bits per heavy atom. The third kappa shape index (κ3) is 6.19. The Bertz CT molecular complexity index is 423. The molecule has 3 amide bonds. The molecule has 0 bridgehead atoms. The molecule has 0 fully saturated rings. The van der Waals surface area contributed by atoms with Gasteiger partial charge in [-0.05, 0) is 5.56 Å². The van der Waals surface area contributed by atoms with Crippen molar-refractivity contribution in [3.05, 3.63) is 35.9 Å². The standard InChI is InChI=1S/C14H21N3O3/c1-17(11-13(18)15-8-9-20-2)14(19)16-10-12-6-4-3-5-7-12/h3-7H,8-11H2,1-2H3,(H,15,18)(H,16,19). The minimum Gasteiger partial charge on any atom is -0.383 e. The van der Waals surface area contributed by atoms with Gasteiger partial charge in [0.15, 0.2) is 0 Å². The first kappa shape index (κ1) is 16.0. The summed E-state index contributed by atoms with van der Waals surface area (Å²) in [5.41, 5.74) is 1.01. The van der Waals surface area contributed by atoms with E-state index < -0.39 is 0 Å². The van der Waals surface area contributed by atoms with Crippen LogP contribution in [0.15, 0.2) is 30.3 Å². The maximum Gasteiger partial charge on any atom is 0.317 e. The number of amides is 3. The van der Waals surface area contributed by atoms with Crippen molar-refractivity contribution in [3.8, 4) is 0 Å². The van der Waals surface area contributed by atoms with Crippen molar-refractivity contribution in [1.29, 1.82) is 0 Å². The summed E-state index contributed by atoms with van der Waals surface area (Å²) in [4.78, 5) is 24.6. The maximum absolute atomic E-state index is 11.8. The number of hydrogen-bond donors (Lipinski definition) is 2. The van der Waals surface area contributed by atoms with Crippen molar-refractivity contribution < 1.29 is 14.3 Å². The molecular formula is C14H21N3O3. The summed E-state index contributed by atoms with van der Waals surface area (Å²) in [6.45, 7) is 1.35. The smallest absolute Gasteiger partial charge is 0.317 e. The Labute approximate surface area is 119 Å². The first-order valence-electron chi connectivity index (χ1n) is 6.42. The molecule has 0 spiro atoms. The van der Waals surface area contributed by atoms with Crippen LogP contribution >= 0.6 is 0 Å². The normalized spacial score (nSPS) is 9.90. The van der Waals surface area contributed by atoms with Crippen LogP contribution in [0.25, 0.3) is 0 Å². The molecule has 0 radical (unpaired) electrons. The van der Waals surface area contributed by atoms with E-state index in [0.29, 0.717) is 19.7 Å². The number of carbonyl (C=O) groups is 2. The summed E-state index contributed by atoms with van der Waals surface area (Å²) in [6.07, 6.45) is 0. The SMILES string of the molecule is COCCNC(=O)CN(C)C(=O)NCc1ccccc1. The van der Waals surface area contributed by atoms with Crippen LogP contribution in [0.3, 0.4) is 0 Å². The van der Waals surface area contributed by atoms with Gasteiger partial charge in [0.25, 0.3) is 0 Å². The highest BCUT2D eigenvalue weighted by atomic mass is 16.5. The topological polar surface area (TPSA) is 70.7 Å². The van der Waals surface area contributed by atoms with Crippen LogP contribution < -0.4 is 10.6 Å². The van der Waals surface area contributed by atoms with Gasteiger partial charge < -0.3 is 20.3 Å². The molecule has 0 saturated heterocycles. The monoisotopic (exact) mass is 279 g/mol. The van der Waals surface area contributed by atoms with Gasteiger partial charge in [-0.25, -0.2) is 4.79 Å². The van der Waals surface area contributed by atoms with Crippen molar-refractivity contribution in [2.45, 2.75) is 6.54 Å². The van der Waals surface area contributed by atoms with Crippen LogP contribution in [0, 0.1) is 0 Å². The third-order valence-corrected chi connectivity index (χ3v) is 2.64. The van der Waals surface area contributed by atoms with Crippen molar-refractivity contribution in [1.82, 2.24) is 15.5 Å². The highest BCUT2D eigenvalue weighted by Gasteiger charge is 2.11. The van der Waals surface area contributed by atoms with Gasteiger partial charge in [0.05, 0.1) is 6.61 Å². The predicted molar refractivity (Wildman–Crippen MR) is 76.2 cm³/mol. The van der Waals surface area contributed by atoms with Crippen LogP contribution in [0.5, 0.6) is 0 Å². The van der Waals surface area contributed by atoms with E-state index in [1.165, 1.54) is 4.90 Å². The second-order valence-electron chi connectivity index (χ2n) is 4.34. The third-order valence-electron chi connectivity index (χ3n) is 2.64. The van der Waals surface area contributed by atoms with Crippen LogP contribution in [-0.4, -0.2) is 50.7 Å². The number of carbonyl (C=O) groups excluding carboxylic acids is 2. The minimum absolute atomic E-state index is 0.0182. The largest absolute Gasteiger partial charge is 0.383 e. The van der Waals surface area contributed by atoms with E-state index in [1.54, 1.807) is 14.2 Å². The molecule has 0 aliphatic carbocycles. The Kier molecular flexibility index (Phi) is 7.13. The highest BCUT2D eigenvalue weighted by Crippen LogP contribution is 1.97. The van der Waals surface area contributed by atoms with Gasteiger partial charge in [-0.15, -0.1) is 0 Å². The molecular weight excluding hydrogens is 258 g/mol. The molecule has 1 rings (SSSR count). The highest BCUT2D eigenvalue weighted by molar-refractivity contribution is 5.83. The van der Waals surface area contributed by atoms with Crippen LogP contribution in [0.1, 0.15) is 5.56 Å². The molecule has 0 unspecified atom stereocenters. The number of ether oxygens (including phenoxy) is 1. The molecule has 110 valence electrons. The number of urea groups is 1. The van der Waals surface area contributed by atoms with E-state index in [-0.39, 0.29) is 18.5 Å². The van der Waals surface area contributed by atoms with Gasteiger partial charge in [-0.3, -0.25) is 4.79 Å². The Balaban J connectivity index is 2.26. The molecule has 20 heavy (non-hydrogen) atoms. The first-order chi connectivity index (χ1) is 9.63. The summed E-state index contributed by atoms with van der Waals surface area (Å²) in [5.74, 6) is -0.209. The molecule has 6 heteroatoms. The zero-order chi connectivity index (χ0) is 14.8. The summed E-state index contributed by atoms with van der Waals surface area (Å²) in [5, 5.41) is 5.41. The zero-order valence-electron chi connectivity index (χ0n) is 11.9. The number of methoxy groups -OCH3 is 1. The Morgan fingerprint density at radius 3 is 2.55 bits per heavy atom. The van der Waals surface area contributed by atoms with Gasteiger partial charge in [0.2, 0.25) is 5.91 Å². The lowest BCUT2D eigenvalue weighted by Crippen LogP contribution is -2.43. The maximum atomic E-state index is 11.8. The van der Waals surface area contributed by atoms with Crippen molar-refractivity contribution in [3.63, 3.8) is 0 Å². The van der Waals surface area contributed by atoms with E-state index in [2.05, 4.69) is 10.6 Å². The average molecular weight is 279 g/mol. The minimum atomic E-state index is -0.282. The molecule has 1 aromatic rings. The van der Waals surface area contributed by atoms with Gasteiger partial charge in [-0.2, -0.15) is 0 Å². The quantitative estimate of drug-likeness (QED) is 0.718. The van der Waals surface area contributed by atoms with Crippen LogP contribution in [-0.2, 0) is 16.1 Å². The molecule has 0 aliphatic rings. The van der Waals surface area contributed by atoms with E-state index in [9.17, 15) is 9.59 Å². The van der Waals surface area contributed by atoms with Crippen LogP contribution in [0.4, 0.5) is 4.79 Å². The number of benzene rings is 1. The second kappa shape index (κ2) is 8.92. The average Bonchev–Trinajstić information content (AvgIpc) is 2.46. The lowest BCUT2D eigenvalue weighted by atomic mass is 10.2. The molecule has 0 aliphatic heterocycles. The molecule has 1 aromatic carbocycles. The Hall–Kier alpha value is -2.08. The lowest BCUT2D eigenvalue weighted by molar-refractivity contribution is -0.121. The number of rotatable bonds is 7. The van der Waals surface area contributed by atoms with Gasteiger partial charge in [-0.1, -0.05) is 30.3 Å². The van der Waals surface area contributed by atoms with E-state index in [4.69, 9.17) is 4.74 Å². The van der Waals surface area contributed by atoms with Gasteiger partial charge in [0, 0.05) is 27.2 Å². The van der Waals surface area contributed by atoms with Crippen LogP contribution in [0.2, 0.25) is 0 Å². The lowest BCUT2D eigenvalue weighted by Gasteiger charge is -2.17. The van der Waals surface area contributed by atoms with E-state index >= 15 is 0 Å². The number of hydrogen-bond acceptors (Lipinski definition) is 3. The fourth-order valence-corrected chi connectivity index (χ4v) is 1.54. The fourth-order valence-electron chi connectivity index (χ4n) is 1.54. The van der Waals surface area contributed by atoms with Crippen molar-refractivity contribution in [2.75, 3.05) is 33.9 Å².